The van der Waals surface area contributed by atoms with Gasteiger partial charge in [0.05, 0.1) is 0 Å². The van der Waals surface area contributed by atoms with E-state index in [-0.39, 0.29) is 0 Å². The van der Waals surface area contributed by atoms with Crippen LogP contribution in [0, 0.1) is 19.8 Å². The Morgan fingerprint density at radius 2 is 2.12 bits per heavy atom. The molecule has 2 unspecified atom stereocenters. The fourth-order valence-electron chi connectivity index (χ4n) is 2.54. The molecule has 94 valence electrons. The minimum absolute atomic E-state index is 0.548. The molecule has 2 rings (SSSR count). The summed E-state index contributed by atoms with van der Waals surface area (Å²) in [6, 6.07) is 2.62. The smallest absolute Gasteiger partial charge is 0.132 e. The average Bonchev–Trinajstić information content (AvgIpc) is 2.28. The Labute approximate surface area is 103 Å². The van der Waals surface area contributed by atoms with Crippen LogP contribution in [-0.2, 0) is 0 Å². The lowest BCUT2D eigenvalue weighted by Gasteiger charge is -2.38. The van der Waals surface area contributed by atoms with Gasteiger partial charge in [-0.1, -0.05) is 0 Å². The van der Waals surface area contributed by atoms with Gasteiger partial charge in [-0.2, -0.15) is 0 Å². The molecule has 1 aliphatic rings. The van der Waals surface area contributed by atoms with E-state index >= 15 is 0 Å². The van der Waals surface area contributed by atoms with Crippen LogP contribution in [0.4, 0.5) is 5.82 Å². The zero-order valence-corrected chi connectivity index (χ0v) is 11.0. The van der Waals surface area contributed by atoms with Crippen molar-refractivity contribution in [3.8, 4) is 0 Å². The number of rotatable bonds is 2. The van der Waals surface area contributed by atoms with E-state index in [1.54, 1.807) is 0 Å². The maximum atomic E-state index is 5.79. The molecular formula is C13H22N4. The summed E-state index contributed by atoms with van der Waals surface area (Å²) in [5.41, 5.74) is 6.83. The molecule has 0 amide bonds. The second-order valence-corrected chi connectivity index (χ2v) is 5.10. The van der Waals surface area contributed by atoms with E-state index in [0.717, 1.165) is 30.4 Å². The number of aryl methyl sites for hydroxylation is 2. The number of piperidine rings is 1. The first kappa shape index (κ1) is 12.3. The quantitative estimate of drug-likeness (QED) is 0.845. The second-order valence-electron chi connectivity index (χ2n) is 5.10. The van der Waals surface area contributed by atoms with Crippen LogP contribution >= 0.6 is 0 Å². The van der Waals surface area contributed by atoms with Crippen molar-refractivity contribution in [2.45, 2.75) is 39.7 Å². The van der Waals surface area contributed by atoms with Gasteiger partial charge in [-0.3, -0.25) is 0 Å². The van der Waals surface area contributed by atoms with E-state index < -0.39 is 0 Å². The van der Waals surface area contributed by atoms with Crippen molar-refractivity contribution in [3.63, 3.8) is 0 Å². The van der Waals surface area contributed by atoms with E-state index in [9.17, 15) is 0 Å². The van der Waals surface area contributed by atoms with Gasteiger partial charge in [0.25, 0.3) is 0 Å². The molecule has 1 aromatic heterocycles. The van der Waals surface area contributed by atoms with Crippen LogP contribution in [0.5, 0.6) is 0 Å². The third-order valence-electron chi connectivity index (χ3n) is 3.56. The summed E-state index contributed by atoms with van der Waals surface area (Å²) in [6.45, 7) is 8.03. The summed E-state index contributed by atoms with van der Waals surface area (Å²) in [4.78, 5) is 11.3. The Morgan fingerprint density at radius 3 is 2.76 bits per heavy atom. The van der Waals surface area contributed by atoms with Gasteiger partial charge in [-0.15, -0.1) is 0 Å². The van der Waals surface area contributed by atoms with Crippen LogP contribution in [0.25, 0.3) is 0 Å². The standard InChI is InChI=1S/C13H22N4/c1-9-6-13(16-11(3)15-9)17-8-12(7-14)5-4-10(17)2/h6,10,12H,4-5,7-8,14H2,1-3H3. The molecule has 1 fully saturated rings. The number of nitrogens with two attached hydrogens (primary N) is 1. The molecule has 2 heterocycles. The lowest BCUT2D eigenvalue weighted by atomic mass is 9.93. The fraction of sp³-hybridized carbons (Fsp3) is 0.692. The highest BCUT2D eigenvalue weighted by Gasteiger charge is 2.25. The molecule has 0 bridgehead atoms. The van der Waals surface area contributed by atoms with Crippen LogP contribution in [0.15, 0.2) is 6.07 Å². The van der Waals surface area contributed by atoms with E-state index in [0.29, 0.717) is 12.0 Å². The number of anilines is 1. The molecule has 0 aliphatic carbocycles. The molecule has 17 heavy (non-hydrogen) atoms. The molecule has 0 saturated carbocycles. The summed E-state index contributed by atoms with van der Waals surface area (Å²) in [5.74, 6) is 2.50. The molecule has 2 N–H and O–H groups in total. The van der Waals surface area contributed by atoms with Crippen LogP contribution in [0.2, 0.25) is 0 Å². The Morgan fingerprint density at radius 1 is 1.35 bits per heavy atom. The molecule has 1 saturated heterocycles. The monoisotopic (exact) mass is 234 g/mol. The SMILES string of the molecule is Cc1cc(N2CC(CN)CCC2C)nc(C)n1. The number of aromatic nitrogens is 2. The fourth-order valence-corrected chi connectivity index (χ4v) is 2.54. The van der Waals surface area contributed by atoms with E-state index in [1.807, 2.05) is 13.8 Å². The van der Waals surface area contributed by atoms with Crippen LogP contribution < -0.4 is 10.6 Å². The minimum Gasteiger partial charge on any atom is -0.353 e. The van der Waals surface area contributed by atoms with Crippen LogP contribution in [-0.4, -0.2) is 29.1 Å². The Balaban J connectivity index is 2.24. The Kier molecular flexibility index (Phi) is 3.62. The summed E-state index contributed by atoms with van der Waals surface area (Å²) in [7, 11) is 0. The minimum atomic E-state index is 0.548. The van der Waals surface area contributed by atoms with E-state index in [4.69, 9.17) is 5.73 Å². The summed E-state index contributed by atoms with van der Waals surface area (Å²) in [5, 5.41) is 0. The number of nitrogens with zero attached hydrogens (tertiary/aromatic N) is 3. The highest BCUT2D eigenvalue weighted by Crippen LogP contribution is 2.26. The maximum absolute atomic E-state index is 5.79. The van der Waals surface area contributed by atoms with Gasteiger partial charge >= 0.3 is 0 Å². The van der Waals surface area contributed by atoms with Crippen molar-refractivity contribution in [1.82, 2.24) is 9.97 Å². The highest BCUT2D eigenvalue weighted by molar-refractivity contribution is 5.41. The van der Waals surface area contributed by atoms with Gasteiger partial charge < -0.3 is 10.6 Å². The summed E-state index contributed by atoms with van der Waals surface area (Å²) >= 11 is 0. The van der Waals surface area contributed by atoms with Crippen molar-refractivity contribution in [2.24, 2.45) is 11.7 Å². The zero-order chi connectivity index (χ0) is 12.4. The van der Waals surface area contributed by atoms with Crippen LogP contribution in [0.3, 0.4) is 0 Å². The molecule has 2 atom stereocenters. The molecule has 1 aromatic rings. The molecule has 4 heteroatoms. The molecule has 0 aromatic carbocycles. The molecule has 1 aliphatic heterocycles. The predicted molar refractivity (Wildman–Crippen MR) is 70.1 cm³/mol. The Bertz CT molecular complexity index is 371. The maximum Gasteiger partial charge on any atom is 0.132 e. The third kappa shape index (κ3) is 2.75. The Hall–Kier alpha value is -1.16. The first-order valence-electron chi connectivity index (χ1n) is 6.39. The third-order valence-corrected chi connectivity index (χ3v) is 3.56. The first-order valence-corrected chi connectivity index (χ1v) is 6.39. The molecular weight excluding hydrogens is 212 g/mol. The largest absolute Gasteiger partial charge is 0.353 e. The van der Waals surface area contributed by atoms with Gasteiger partial charge in [-0.25, -0.2) is 9.97 Å². The summed E-state index contributed by atoms with van der Waals surface area (Å²) in [6.07, 6.45) is 2.43. The highest BCUT2D eigenvalue weighted by atomic mass is 15.2. The van der Waals surface area contributed by atoms with Crippen molar-refractivity contribution >= 4 is 5.82 Å². The average molecular weight is 234 g/mol. The van der Waals surface area contributed by atoms with Crippen molar-refractivity contribution in [3.05, 3.63) is 17.6 Å². The van der Waals surface area contributed by atoms with E-state index in [2.05, 4.69) is 27.9 Å². The van der Waals surface area contributed by atoms with Gasteiger partial charge in [-0.05, 0) is 46.1 Å². The molecule has 0 radical (unpaired) electrons. The zero-order valence-electron chi connectivity index (χ0n) is 11.0. The van der Waals surface area contributed by atoms with E-state index in [1.165, 1.54) is 12.8 Å². The van der Waals surface area contributed by atoms with Crippen LogP contribution in [0.1, 0.15) is 31.3 Å². The first-order chi connectivity index (χ1) is 8.10. The van der Waals surface area contributed by atoms with Gasteiger partial charge in [0.15, 0.2) is 0 Å². The van der Waals surface area contributed by atoms with Crippen molar-refractivity contribution in [1.29, 1.82) is 0 Å². The second kappa shape index (κ2) is 5.00. The number of hydrogen-bond acceptors (Lipinski definition) is 4. The van der Waals surface area contributed by atoms with Crippen molar-refractivity contribution < 1.29 is 0 Å². The molecule has 4 nitrogen and oxygen atoms in total. The van der Waals surface area contributed by atoms with Gasteiger partial charge in [0.2, 0.25) is 0 Å². The lowest BCUT2D eigenvalue weighted by molar-refractivity contribution is 0.371. The van der Waals surface area contributed by atoms with Crippen molar-refractivity contribution in [2.75, 3.05) is 18.0 Å². The number of hydrogen-bond donors (Lipinski definition) is 1. The topological polar surface area (TPSA) is 55.0 Å². The molecule has 0 spiro atoms. The predicted octanol–water partition coefficient (Wildman–Crippen LogP) is 1.66. The van der Waals surface area contributed by atoms with Gasteiger partial charge in [0, 0.05) is 24.3 Å². The lowest BCUT2D eigenvalue weighted by Crippen LogP contribution is -2.44. The van der Waals surface area contributed by atoms with Gasteiger partial charge in [0.1, 0.15) is 11.6 Å². The normalized spacial score (nSPS) is 25.1. The summed E-state index contributed by atoms with van der Waals surface area (Å²) < 4.78 is 0.